The fourth-order valence-corrected chi connectivity index (χ4v) is 3.12. The molecule has 2 N–H and O–H groups in total. The molecular formula is C12H13N3S. The molecule has 0 spiro atoms. The van der Waals surface area contributed by atoms with E-state index in [0.29, 0.717) is 10.6 Å². The second-order valence-corrected chi connectivity index (χ2v) is 4.79. The van der Waals surface area contributed by atoms with E-state index >= 15 is 0 Å². The number of nitriles is 1. The molecule has 0 bridgehead atoms. The van der Waals surface area contributed by atoms with Crippen LogP contribution in [0.3, 0.4) is 0 Å². The summed E-state index contributed by atoms with van der Waals surface area (Å²) in [5.41, 5.74) is 10.0. The van der Waals surface area contributed by atoms with Gasteiger partial charge in [-0.25, -0.2) is 4.98 Å². The molecule has 2 aromatic heterocycles. The van der Waals surface area contributed by atoms with E-state index in [4.69, 9.17) is 11.0 Å². The number of rotatable bonds is 1. The number of nitrogen functional groups attached to an aromatic ring is 1. The summed E-state index contributed by atoms with van der Waals surface area (Å²) in [5, 5.41) is 9.92. The third-order valence-corrected chi connectivity index (χ3v) is 3.92. The van der Waals surface area contributed by atoms with E-state index in [1.54, 1.807) is 0 Å². The van der Waals surface area contributed by atoms with Gasteiger partial charge in [0.1, 0.15) is 15.8 Å². The molecule has 16 heavy (non-hydrogen) atoms. The Kier molecular flexibility index (Phi) is 2.56. The molecule has 0 saturated carbocycles. The first-order valence-electron chi connectivity index (χ1n) is 5.18. The highest BCUT2D eigenvalue weighted by Gasteiger charge is 2.15. The van der Waals surface area contributed by atoms with E-state index in [2.05, 4.69) is 24.9 Å². The van der Waals surface area contributed by atoms with Crippen LogP contribution in [0.2, 0.25) is 0 Å². The molecule has 0 aromatic carbocycles. The molecule has 82 valence electrons. The lowest BCUT2D eigenvalue weighted by Gasteiger charge is -2.08. The Labute approximate surface area is 98.5 Å². The van der Waals surface area contributed by atoms with Gasteiger partial charge in [-0.1, -0.05) is 6.92 Å². The molecule has 3 nitrogen and oxygen atoms in total. The van der Waals surface area contributed by atoms with E-state index in [1.165, 1.54) is 22.5 Å². The van der Waals surface area contributed by atoms with Crippen LogP contribution >= 0.6 is 11.3 Å². The zero-order valence-electron chi connectivity index (χ0n) is 9.59. The van der Waals surface area contributed by atoms with Gasteiger partial charge >= 0.3 is 0 Å². The maximum atomic E-state index is 8.96. The summed E-state index contributed by atoms with van der Waals surface area (Å²) < 4.78 is 0. The maximum absolute atomic E-state index is 8.96. The van der Waals surface area contributed by atoms with E-state index < -0.39 is 0 Å². The van der Waals surface area contributed by atoms with Crippen LogP contribution in [-0.2, 0) is 6.42 Å². The van der Waals surface area contributed by atoms with E-state index in [9.17, 15) is 0 Å². The first-order chi connectivity index (χ1) is 7.60. The van der Waals surface area contributed by atoms with E-state index in [-0.39, 0.29) is 0 Å². The van der Waals surface area contributed by atoms with Gasteiger partial charge in [0.05, 0.1) is 5.69 Å². The van der Waals surface area contributed by atoms with Gasteiger partial charge in [-0.3, -0.25) is 0 Å². The lowest BCUT2D eigenvalue weighted by Crippen LogP contribution is -1.97. The Hall–Kier alpha value is -1.60. The average molecular weight is 231 g/mol. The second-order valence-electron chi connectivity index (χ2n) is 3.79. The topological polar surface area (TPSA) is 62.7 Å². The SMILES string of the molecule is CCc1c(C)nc2sc(C#N)c(N)c2c1C. The number of pyridine rings is 1. The smallest absolute Gasteiger partial charge is 0.130 e. The number of fused-ring (bicyclic) bond motifs is 1. The van der Waals surface area contributed by atoms with Gasteiger partial charge in [-0.2, -0.15) is 5.26 Å². The van der Waals surface area contributed by atoms with Gasteiger partial charge in [0, 0.05) is 11.1 Å². The van der Waals surface area contributed by atoms with Crippen molar-refractivity contribution >= 4 is 27.2 Å². The van der Waals surface area contributed by atoms with Crippen molar-refractivity contribution in [3.05, 3.63) is 21.7 Å². The first-order valence-corrected chi connectivity index (χ1v) is 5.99. The minimum absolute atomic E-state index is 0.568. The number of aromatic nitrogens is 1. The molecule has 0 unspecified atom stereocenters. The van der Waals surface area contributed by atoms with Gasteiger partial charge in [-0.15, -0.1) is 11.3 Å². The van der Waals surface area contributed by atoms with Crippen molar-refractivity contribution in [2.75, 3.05) is 5.73 Å². The lowest BCUT2D eigenvalue weighted by molar-refractivity contribution is 1.05. The molecule has 0 saturated heterocycles. The summed E-state index contributed by atoms with van der Waals surface area (Å²) in [4.78, 5) is 5.97. The monoisotopic (exact) mass is 231 g/mol. The molecule has 0 aliphatic heterocycles. The number of aryl methyl sites for hydroxylation is 2. The van der Waals surface area contributed by atoms with Gasteiger partial charge < -0.3 is 5.73 Å². The Balaban J connectivity index is 2.93. The predicted octanol–water partition coefficient (Wildman–Crippen LogP) is 2.93. The van der Waals surface area contributed by atoms with Crippen LogP contribution in [0.5, 0.6) is 0 Å². The Morgan fingerprint density at radius 2 is 2.12 bits per heavy atom. The zero-order valence-corrected chi connectivity index (χ0v) is 10.4. The standard InChI is InChI=1S/C12H13N3S/c1-4-8-6(2)10-11(14)9(5-13)16-12(10)15-7(8)3/h4,14H2,1-3H3. The van der Waals surface area contributed by atoms with Crippen LogP contribution in [0.25, 0.3) is 10.2 Å². The molecular weight excluding hydrogens is 218 g/mol. The first kappa shape index (κ1) is 10.9. The molecule has 2 aromatic rings. The molecule has 4 heteroatoms. The number of hydrogen-bond acceptors (Lipinski definition) is 4. The summed E-state index contributed by atoms with van der Waals surface area (Å²) in [6.45, 7) is 6.17. The molecule has 0 amide bonds. The van der Waals surface area contributed by atoms with Gasteiger partial charge in [0.15, 0.2) is 0 Å². The molecule has 0 atom stereocenters. The lowest BCUT2D eigenvalue weighted by atomic mass is 10.0. The van der Waals surface area contributed by atoms with Crippen LogP contribution in [0.1, 0.15) is 28.6 Å². The third kappa shape index (κ3) is 1.36. The van der Waals surface area contributed by atoms with Crippen molar-refractivity contribution in [1.82, 2.24) is 4.98 Å². The van der Waals surface area contributed by atoms with Crippen molar-refractivity contribution < 1.29 is 0 Å². The van der Waals surface area contributed by atoms with Crippen LogP contribution < -0.4 is 5.73 Å². The Bertz CT molecular complexity index is 605. The largest absolute Gasteiger partial charge is 0.396 e. The van der Waals surface area contributed by atoms with Crippen molar-refractivity contribution in [3.63, 3.8) is 0 Å². The summed E-state index contributed by atoms with van der Waals surface area (Å²) in [6.07, 6.45) is 0.942. The van der Waals surface area contributed by atoms with Crippen LogP contribution in [0.15, 0.2) is 0 Å². The minimum atomic E-state index is 0.568. The average Bonchev–Trinajstić information content (AvgIpc) is 2.55. The summed E-state index contributed by atoms with van der Waals surface area (Å²) in [6, 6.07) is 2.12. The van der Waals surface area contributed by atoms with E-state index in [1.807, 2.05) is 6.92 Å². The van der Waals surface area contributed by atoms with Crippen LogP contribution in [-0.4, -0.2) is 4.98 Å². The van der Waals surface area contributed by atoms with Crippen LogP contribution in [0, 0.1) is 25.2 Å². The highest BCUT2D eigenvalue weighted by atomic mass is 32.1. The quantitative estimate of drug-likeness (QED) is 0.820. The highest BCUT2D eigenvalue weighted by Crippen LogP contribution is 2.36. The second kappa shape index (κ2) is 3.76. The molecule has 2 rings (SSSR count). The summed E-state index contributed by atoms with van der Waals surface area (Å²) in [5.74, 6) is 0. The third-order valence-electron chi connectivity index (χ3n) is 2.92. The summed E-state index contributed by atoms with van der Waals surface area (Å²) >= 11 is 1.37. The molecule has 0 aliphatic carbocycles. The van der Waals surface area contributed by atoms with Crippen molar-refractivity contribution in [2.45, 2.75) is 27.2 Å². The predicted molar refractivity (Wildman–Crippen MR) is 67.6 cm³/mol. The van der Waals surface area contributed by atoms with Crippen molar-refractivity contribution in [1.29, 1.82) is 5.26 Å². The van der Waals surface area contributed by atoms with E-state index in [0.717, 1.165) is 22.3 Å². The Morgan fingerprint density at radius 1 is 1.44 bits per heavy atom. The fraction of sp³-hybridized carbons (Fsp3) is 0.333. The minimum Gasteiger partial charge on any atom is -0.396 e. The molecule has 0 aliphatic rings. The Morgan fingerprint density at radius 3 is 2.69 bits per heavy atom. The van der Waals surface area contributed by atoms with Gasteiger partial charge in [0.25, 0.3) is 0 Å². The zero-order chi connectivity index (χ0) is 11.9. The fourth-order valence-electron chi connectivity index (χ4n) is 2.12. The number of anilines is 1. The maximum Gasteiger partial charge on any atom is 0.130 e. The van der Waals surface area contributed by atoms with Crippen molar-refractivity contribution in [2.24, 2.45) is 0 Å². The van der Waals surface area contributed by atoms with Gasteiger partial charge in [0.2, 0.25) is 0 Å². The van der Waals surface area contributed by atoms with Crippen molar-refractivity contribution in [3.8, 4) is 6.07 Å². The molecule has 0 radical (unpaired) electrons. The molecule has 2 heterocycles. The highest BCUT2D eigenvalue weighted by molar-refractivity contribution is 7.19. The number of hydrogen-bond donors (Lipinski definition) is 1. The van der Waals surface area contributed by atoms with Gasteiger partial charge in [-0.05, 0) is 31.4 Å². The number of thiophene rings is 1. The van der Waals surface area contributed by atoms with Crippen LogP contribution in [0.4, 0.5) is 5.69 Å². The number of nitrogens with zero attached hydrogens (tertiary/aromatic N) is 2. The number of nitrogens with two attached hydrogens (primary N) is 1. The molecule has 0 fully saturated rings. The normalized spacial score (nSPS) is 10.6. The summed E-state index contributed by atoms with van der Waals surface area (Å²) in [7, 11) is 0.